The van der Waals surface area contributed by atoms with Crippen molar-refractivity contribution < 1.29 is 14.3 Å². The number of anilines is 2. The molecule has 9 heteroatoms. The lowest BCUT2D eigenvalue weighted by Crippen LogP contribution is -2.23. The Kier molecular flexibility index (Phi) is 6.82. The van der Waals surface area contributed by atoms with Gasteiger partial charge in [0.2, 0.25) is 5.91 Å². The first-order valence-electron chi connectivity index (χ1n) is 7.85. The smallest absolute Gasteiger partial charge is 0.343 e. The lowest BCUT2D eigenvalue weighted by molar-refractivity contribution is -0.115. The van der Waals surface area contributed by atoms with Gasteiger partial charge in [-0.05, 0) is 38.5 Å². The number of aryl methyl sites for hydroxylation is 1. The highest BCUT2D eigenvalue weighted by molar-refractivity contribution is 8.00. The monoisotopic (exact) mass is 394 g/mol. The van der Waals surface area contributed by atoms with Crippen molar-refractivity contribution in [2.24, 2.45) is 0 Å². The molecule has 1 heterocycles. The van der Waals surface area contributed by atoms with Crippen LogP contribution in [0.15, 0.2) is 29.6 Å². The van der Waals surface area contributed by atoms with Crippen molar-refractivity contribution in [3.8, 4) is 0 Å². The fraction of sp³-hybridized carbons (Fsp3) is 0.294. The van der Waals surface area contributed by atoms with Gasteiger partial charge >= 0.3 is 5.97 Å². The van der Waals surface area contributed by atoms with Gasteiger partial charge in [0.1, 0.15) is 11.4 Å². The van der Waals surface area contributed by atoms with Crippen LogP contribution in [0.25, 0.3) is 0 Å². The number of nitrogens with two attached hydrogens (primary N) is 1. The minimum Gasteiger partial charge on any atom is -0.462 e. The summed E-state index contributed by atoms with van der Waals surface area (Å²) in [7, 11) is 0. The highest BCUT2D eigenvalue weighted by Crippen LogP contribution is 2.25. The molecule has 0 fully saturated rings. The number of hydrogen-bond acceptors (Lipinski definition) is 7. The molecule has 0 saturated carbocycles. The second-order valence-electron chi connectivity index (χ2n) is 5.38. The molecule has 2 rings (SSSR count). The number of aromatic nitrogens is 2. The molecule has 1 amide bonds. The summed E-state index contributed by atoms with van der Waals surface area (Å²) >= 11 is 7.09. The van der Waals surface area contributed by atoms with Crippen molar-refractivity contribution in [2.45, 2.75) is 31.2 Å². The lowest BCUT2D eigenvalue weighted by atomic mass is 10.2. The standard InChI is InChI=1S/C17H19ClN4O3S/c1-4-25-16(24)12-8-20-17(22-14(12)19)26-10(3)15(23)21-13-7-11(18)6-5-9(13)2/h5-8,10H,4H2,1-3H3,(H,21,23)(H2,19,20,22)/t10-/m1/s1. The van der Waals surface area contributed by atoms with Crippen LogP contribution in [0.4, 0.5) is 11.5 Å². The van der Waals surface area contributed by atoms with Gasteiger partial charge in [-0.1, -0.05) is 29.4 Å². The Bertz CT molecular complexity index is 832. The zero-order valence-corrected chi connectivity index (χ0v) is 16.1. The molecule has 0 aliphatic rings. The molecule has 1 atom stereocenters. The van der Waals surface area contributed by atoms with Crippen molar-refractivity contribution >= 4 is 46.7 Å². The van der Waals surface area contributed by atoms with Gasteiger partial charge in [0, 0.05) is 16.9 Å². The second-order valence-corrected chi connectivity index (χ2v) is 7.12. The van der Waals surface area contributed by atoms with E-state index in [0.29, 0.717) is 15.9 Å². The molecule has 7 nitrogen and oxygen atoms in total. The number of thioether (sulfide) groups is 1. The number of amides is 1. The summed E-state index contributed by atoms with van der Waals surface area (Å²) in [5.74, 6) is -0.792. The Morgan fingerprint density at radius 1 is 1.42 bits per heavy atom. The first-order valence-corrected chi connectivity index (χ1v) is 9.11. The van der Waals surface area contributed by atoms with E-state index in [4.69, 9.17) is 22.1 Å². The van der Waals surface area contributed by atoms with Crippen LogP contribution in [0.5, 0.6) is 0 Å². The van der Waals surface area contributed by atoms with Crippen LogP contribution in [0.2, 0.25) is 5.02 Å². The average Bonchev–Trinajstić information content (AvgIpc) is 2.58. The fourth-order valence-electron chi connectivity index (χ4n) is 1.98. The van der Waals surface area contributed by atoms with Gasteiger partial charge in [-0.25, -0.2) is 14.8 Å². The molecule has 0 aliphatic heterocycles. The summed E-state index contributed by atoms with van der Waals surface area (Å²) in [5, 5.41) is 3.17. The summed E-state index contributed by atoms with van der Waals surface area (Å²) in [6.07, 6.45) is 1.30. The molecule has 138 valence electrons. The summed E-state index contributed by atoms with van der Waals surface area (Å²) in [6, 6.07) is 5.27. The summed E-state index contributed by atoms with van der Waals surface area (Å²) < 4.78 is 4.87. The van der Waals surface area contributed by atoms with Gasteiger partial charge in [0.05, 0.1) is 11.9 Å². The zero-order valence-electron chi connectivity index (χ0n) is 14.6. The van der Waals surface area contributed by atoms with Gasteiger partial charge in [-0.15, -0.1) is 0 Å². The molecule has 0 radical (unpaired) electrons. The van der Waals surface area contributed by atoms with Crippen molar-refractivity contribution in [3.63, 3.8) is 0 Å². The minimum absolute atomic E-state index is 0.0132. The van der Waals surface area contributed by atoms with Crippen LogP contribution >= 0.6 is 23.4 Å². The van der Waals surface area contributed by atoms with E-state index < -0.39 is 11.2 Å². The van der Waals surface area contributed by atoms with Gasteiger partial charge in [-0.3, -0.25) is 4.79 Å². The largest absolute Gasteiger partial charge is 0.462 e. The zero-order chi connectivity index (χ0) is 19.3. The van der Waals surface area contributed by atoms with Crippen LogP contribution in [-0.2, 0) is 9.53 Å². The SMILES string of the molecule is CCOC(=O)c1cnc(S[C@H](C)C(=O)Nc2cc(Cl)ccc2C)nc1N. The molecule has 0 bridgehead atoms. The quantitative estimate of drug-likeness (QED) is 0.439. The number of benzene rings is 1. The fourth-order valence-corrected chi connectivity index (χ4v) is 2.89. The number of hydrogen-bond donors (Lipinski definition) is 2. The number of carbonyl (C=O) groups is 2. The number of halogens is 1. The maximum Gasteiger partial charge on any atom is 0.343 e. The van der Waals surface area contributed by atoms with E-state index >= 15 is 0 Å². The van der Waals surface area contributed by atoms with E-state index in [1.165, 1.54) is 6.20 Å². The van der Waals surface area contributed by atoms with Crippen molar-refractivity contribution in [3.05, 3.63) is 40.5 Å². The molecule has 0 spiro atoms. The number of esters is 1. The molecule has 3 N–H and O–H groups in total. The van der Waals surface area contributed by atoms with Crippen molar-refractivity contribution in [2.75, 3.05) is 17.7 Å². The van der Waals surface area contributed by atoms with Crippen LogP contribution in [-0.4, -0.2) is 33.7 Å². The normalized spacial score (nSPS) is 11.7. The van der Waals surface area contributed by atoms with Gasteiger partial charge in [-0.2, -0.15) is 0 Å². The highest BCUT2D eigenvalue weighted by atomic mass is 35.5. The van der Waals surface area contributed by atoms with Crippen LogP contribution in [0.3, 0.4) is 0 Å². The Morgan fingerprint density at radius 3 is 2.81 bits per heavy atom. The third-order valence-electron chi connectivity index (χ3n) is 3.40. The van der Waals surface area contributed by atoms with Crippen molar-refractivity contribution in [1.29, 1.82) is 0 Å². The maximum absolute atomic E-state index is 12.4. The highest BCUT2D eigenvalue weighted by Gasteiger charge is 2.19. The van der Waals surface area contributed by atoms with Crippen molar-refractivity contribution in [1.82, 2.24) is 9.97 Å². The molecule has 0 unspecified atom stereocenters. The molecule has 2 aromatic rings. The average molecular weight is 395 g/mol. The number of nitrogen functional groups attached to an aromatic ring is 1. The summed E-state index contributed by atoms with van der Waals surface area (Å²) in [4.78, 5) is 32.2. The van der Waals surface area contributed by atoms with E-state index in [0.717, 1.165) is 17.3 Å². The first kappa shape index (κ1) is 20.0. The van der Waals surface area contributed by atoms with E-state index in [1.54, 1.807) is 26.0 Å². The Morgan fingerprint density at radius 2 is 2.15 bits per heavy atom. The third kappa shape index (κ3) is 5.09. The van der Waals surface area contributed by atoms with E-state index in [9.17, 15) is 9.59 Å². The van der Waals surface area contributed by atoms with Gasteiger partial charge in [0.25, 0.3) is 0 Å². The molecular weight excluding hydrogens is 376 g/mol. The predicted octanol–water partition coefficient (Wildman–Crippen LogP) is 3.32. The van der Waals surface area contributed by atoms with E-state index in [1.807, 2.05) is 13.0 Å². The number of nitrogens with one attached hydrogen (secondary N) is 1. The molecule has 0 saturated heterocycles. The predicted molar refractivity (Wildman–Crippen MR) is 103 cm³/mol. The van der Waals surface area contributed by atoms with Crippen LogP contribution in [0, 0.1) is 6.92 Å². The number of ether oxygens (including phenoxy) is 1. The van der Waals surface area contributed by atoms with Crippen LogP contribution in [0.1, 0.15) is 29.8 Å². The molecular formula is C17H19ClN4O3S. The Hall–Kier alpha value is -2.32. The summed E-state index contributed by atoms with van der Waals surface area (Å²) in [6.45, 7) is 5.52. The van der Waals surface area contributed by atoms with Crippen LogP contribution < -0.4 is 11.1 Å². The van der Waals surface area contributed by atoms with E-state index in [-0.39, 0.29) is 23.9 Å². The second kappa shape index (κ2) is 8.86. The lowest BCUT2D eigenvalue weighted by Gasteiger charge is -2.13. The molecule has 1 aromatic heterocycles. The number of nitrogens with zero attached hydrogens (tertiary/aromatic N) is 2. The Balaban J connectivity index is 2.05. The number of carbonyl (C=O) groups excluding carboxylic acids is 2. The minimum atomic E-state index is -0.580. The van der Waals surface area contributed by atoms with E-state index in [2.05, 4.69) is 15.3 Å². The third-order valence-corrected chi connectivity index (χ3v) is 4.61. The topological polar surface area (TPSA) is 107 Å². The first-order chi connectivity index (χ1) is 12.3. The van der Waals surface area contributed by atoms with Gasteiger partial charge in [0.15, 0.2) is 5.16 Å². The van der Waals surface area contributed by atoms with Gasteiger partial charge < -0.3 is 15.8 Å². The molecule has 26 heavy (non-hydrogen) atoms. The summed E-state index contributed by atoms with van der Waals surface area (Å²) in [5.41, 5.74) is 7.43. The molecule has 0 aliphatic carbocycles. The maximum atomic E-state index is 12.4. The Labute approximate surface area is 160 Å². The molecule has 1 aromatic carbocycles. The number of rotatable bonds is 6.